The summed E-state index contributed by atoms with van der Waals surface area (Å²) in [7, 11) is 1.69. The van der Waals surface area contributed by atoms with E-state index in [9.17, 15) is 0 Å². The van der Waals surface area contributed by atoms with Crippen LogP contribution in [0.5, 0.6) is 5.75 Å². The second kappa shape index (κ2) is 7.66. The second-order valence-electron chi connectivity index (χ2n) is 5.46. The largest absolute Gasteiger partial charge is 0.496 e. The quantitative estimate of drug-likeness (QED) is 0.701. The Morgan fingerprint density at radius 3 is 2.71 bits per heavy atom. The van der Waals surface area contributed by atoms with Crippen LogP contribution in [0, 0.1) is 0 Å². The van der Waals surface area contributed by atoms with Crippen LogP contribution in [0.1, 0.15) is 5.56 Å². The summed E-state index contributed by atoms with van der Waals surface area (Å²) in [5.41, 5.74) is 4.29. The molecule has 5 nitrogen and oxygen atoms in total. The molecule has 0 unspecified atom stereocenters. The first-order valence-electron chi connectivity index (χ1n) is 7.89. The van der Waals surface area contributed by atoms with Gasteiger partial charge < -0.3 is 15.2 Å². The van der Waals surface area contributed by atoms with Crippen molar-refractivity contribution in [2.75, 3.05) is 19.0 Å². The first-order chi connectivity index (χ1) is 11.8. The van der Waals surface area contributed by atoms with E-state index in [2.05, 4.69) is 40.7 Å². The van der Waals surface area contributed by atoms with Crippen molar-refractivity contribution in [3.8, 4) is 16.9 Å². The first-order valence-corrected chi connectivity index (χ1v) is 7.89. The Hall–Kier alpha value is -2.79. The van der Waals surface area contributed by atoms with Gasteiger partial charge in [-0.2, -0.15) is 5.10 Å². The van der Waals surface area contributed by atoms with Gasteiger partial charge in [0.1, 0.15) is 5.75 Å². The molecule has 1 heterocycles. The third-order valence-corrected chi connectivity index (χ3v) is 3.84. The Labute approximate surface area is 141 Å². The predicted octanol–water partition coefficient (Wildman–Crippen LogP) is 3.16. The molecule has 124 valence electrons. The molecule has 24 heavy (non-hydrogen) atoms. The molecule has 2 aromatic carbocycles. The fraction of sp³-hybridized carbons (Fsp3) is 0.211. The zero-order valence-electron chi connectivity index (χ0n) is 13.6. The van der Waals surface area contributed by atoms with Crippen molar-refractivity contribution >= 4 is 5.69 Å². The molecular weight excluding hydrogens is 302 g/mol. The summed E-state index contributed by atoms with van der Waals surface area (Å²) in [6, 6.07) is 16.5. The van der Waals surface area contributed by atoms with Crippen LogP contribution in [0.3, 0.4) is 0 Å². The number of nitrogens with one attached hydrogen (secondary N) is 1. The molecule has 0 spiro atoms. The maximum Gasteiger partial charge on any atom is 0.124 e. The van der Waals surface area contributed by atoms with Gasteiger partial charge >= 0.3 is 0 Å². The molecule has 0 bridgehead atoms. The molecule has 0 aliphatic heterocycles. The molecule has 0 saturated heterocycles. The fourth-order valence-electron chi connectivity index (χ4n) is 2.58. The van der Waals surface area contributed by atoms with Crippen LogP contribution in [-0.4, -0.2) is 28.6 Å². The minimum Gasteiger partial charge on any atom is -0.496 e. The molecule has 0 aliphatic carbocycles. The van der Waals surface area contributed by atoms with Crippen LogP contribution in [0.2, 0.25) is 0 Å². The Kier molecular flexibility index (Phi) is 5.13. The van der Waals surface area contributed by atoms with Gasteiger partial charge in [0.25, 0.3) is 0 Å². The van der Waals surface area contributed by atoms with Crippen molar-refractivity contribution in [2.24, 2.45) is 0 Å². The van der Waals surface area contributed by atoms with E-state index in [-0.39, 0.29) is 6.61 Å². The highest BCUT2D eigenvalue weighted by atomic mass is 16.5. The average Bonchev–Trinajstić information content (AvgIpc) is 3.08. The van der Waals surface area contributed by atoms with Crippen molar-refractivity contribution < 1.29 is 9.84 Å². The number of anilines is 1. The highest BCUT2D eigenvalue weighted by molar-refractivity contribution is 5.66. The summed E-state index contributed by atoms with van der Waals surface area (Å²) < 4.78 is 7.25. The van der Waals surface area contributed by atoms with Crippen LogP contribution >= 0.6 is 0 Å². The van der Waals surface area contributed by atoms with Crippen molar-refractivity contribution in [1.82, 2.24) is 9.78 Å². The van der Waals surface area contributed by atoms with Gasteiger partial charge in [0.15, 0.2) is 0 Å². The molecule has 0 atom stereocenters. The summed E-state index contributed by atoms with van der Waals surface area (Å²) in [5.74, 6) is 0.853. The average molecular weight is 323 g/mol. The minimum absolute atomic E-state index is 0.0793. The number of rotatable bonds is 7. The third kappa shape index (κ3) is 3.75. The number of aromatic nitrogens is 2. The van der Waals surface area contributed by atoms with Crippen LogP contribution in [0.15, 0.2) is 60.9 Å². The van der Waals surface area contributed by atoms with Crippen molar-refractivity contribution in [2.45, 2.75) is 13.1 Å². The topological polar surface area (TPSA) is 59.3 Å². The number of methoxy groups -OCH3 is 1. The lowest BCUT2D eigenvalue weighted by molar-refractivity contribution is 0.269. The smallest absolute Gasteiger partial charge is 0.124 e. The number of aliphatic hydroxyl groups excluding tert-OH is 1. The zero-order valence-corrected chi connectivity index (χ0v) is 13.6. The van der Waals surface area contributed by atoms with Crippen molar-refractivity contribution in [1.29, 1.82) is 0 Å². The van der Waals surface area contributed by atoms with E-state index < -0.39 is 0 Å². The standard InChI is InChI=1S/C19H21N3O2/c1-24-19-11-16(15-5-3-2-4-6-15)7-8-17(19)12-20-18-13-21-22(14-18)9-10-23/h2-8,11,13-14,20,23H,9-10,12H2,1H3. The van der Waals surface area contributed by atoms with E-state index in [1.165, 1.54) is 5.56 Å². The fourth-order valence-corrected chi connectivity index (χ4v) is 2.58. The van der Waals surface area contributed by atoms with E-state index in [4.69, 9.17) is 9.84 Å². The Morgan fingerprint density at radius 2 is 1.96 bits per heavy atom. The monoisotopic (exact) mass is 323 g/mol. The number of ether oxygens (including phenoxy) is 1. The van der Waals surface area contributed by atoms with Crippen molar-refractivity contribution in [3.63, 3.8) is 0 Å². The number of aliphatic hydroxyl groups is 1. The number of nitrogens with zero attached hydrogens (tertiary/aromatic N) is 2. The molecule has 3 rings (SSSR count). The summed E-state index contributed by atoms with van der Waals surface area (Å²) in [6.07, 6.45) is 3.63. The van der Waals surface area contributed by atoms with E-state index in [0.29, 0.717) is 13.1 Å². The Balaban J connectivity index is 1.73. The summed E-state index contributed by atoms with van der Waals surface area (Å²) in [6.45, 7) is 1.22. The highest BCUT2D eigenvalue weighted by Crippen LogP contribution is 2.27. The molecule has 0 radical (unpaired) electrons. The molecular formula is C19H21N3O2. The molecule has 0 fully saturated rings. The number of hydrogen-bond donors (Lipinski definition) is 2. The normalized spacial score (nSPS) is 10.6. The van der Waals surface area contributed by atoms with Gasteiger partial charge in [-0.05, 0) is 17.2 Å². The summed E-state index contributed by atoms with van der Waals surface area (Å²) in [5, 5.41) is 16.4. The van der Waals surface area contributed by atoms with Gasteiger partial charge in [-0.25, -0.2) is 0 Å². The van der Waals surface area contributed by atoms with Gasteiger partial charge in [-0.1, -0.05) is 42.5 Å². The second-order valence-corrected chi connectivity index (χ2v) is 5.46. The lowest BCUT2D eigenvalue weighted by atomic mass is 10.0. The number of benzene rings is 2. The van der Waals surface area contributed by atoms with Crippen LogP contribution in [-0.2, 0) is 13.1 Å². The Morgan fingerprint density at radius 1 is 1.12 bits per heavy atom. The maximum atomic E-state index is 8.93. The highest BCUT2D eigenvalue weighted by Gasteiger charge is 2.07. The molecule has 0 amide bonds. The minimum atomic E-state index is 0.0793. The molecule has 0 aliphatic rings. The molecule has 1 aromatic heterocycles. The molecule has 5 heteroatoms. The van der Waals surface area contributed by atoms with E-state index in [1.54, 1.807) is 18.0 Å². The lowest BCUT2D eigenvalue weighted by Crippen LogP contribution is -2.03. The van der Waals surface area contributed by atoms with Crippen LogP contribution < -0.4 is 10.1 Å². The third-order valence-electron chi connectivity index (χ3n) is 3.84. The Bertz CT molecular complexity index is 784. The summed E-state index contributed by atoms with van der Waals surface area (Å²) in [4.78, 5) is 0. The van der Waals surface area contributed by atoms with E-state index >= 15 is 0 Å². The van der Waals surface area contributed by atoms with Gasteiger partial charge in [0, 0.05) is 18.3 Å². The van der Waals surface area contributed by atoms with Crippen LogP contribution in [0.4, 0.5) is 5.69 Å². The van der Waals surface area contributed by atoms with E-state index in [1.807, 2.05) is 24.4 Å². The number of hydrogen-bond acceptors (Lipinski definition) is 4. The van der Waals surface area contributed by atoms with Gasteiger partial charge in [-0.3, -0.25) is 4.68 Å². The zero-order chi connectivity index (χ0) is 16.8. The first kappa shape index (κ1) is 16.1. The molecule has 2 N–H and O–H groups in total. The van der Waals surface area contributed by atoms with Gasteiger partial charge in [0.2, 0.25) is 0 Å². The predicted molar refractivity (Wildman–Crippen MR) is 95.1 cm³/mol. The SMILES string of the molecule is COc1cc(-c2ccccc2)ccc1CNc1cnn(CCO)c1. The molecule has 0 saturated carbocycles. The lowest BCUT2D eigenvalue weighted by Gasteiger charge is -2.12. The summed E-state index contributed by atoms with van der Waals surface area (Å²) >= 11 is 0. The molecule has 3 aromatic rings. The van der Waals surface area contributed by atoms with E-state index in [0.717, 1.165) is 22.6 Å². The maximum absolute atomic E-state index is 8.93. The van der Waals surface area contributed by atoms with Crippen molar-refractivity contribution in [3.05, 3.63) is 66.5 Å². The van der Waals surface area contributed by atoms with Gasteiger partial charge in [0.05, 0.1) is 32.1 Å². The van der Waals surface area contributed by atoms with Gasteiger partial charge in [-0.15, -0.1) is 0 Å². The van der Waals surface area contributed by atoms with Crippen LogP contribution in [0.25, 0.3) is 11.1 Å².